The van der Waals surface area contributed by atoms with E-state index in [1.54, 1.807) is 49.0 Å². The Kier molecular flexibility index (Phi) is 6.22. The Bertz CT molecular complexity index is 1620. The number of hydrogen-bond donors (Lipinski definition) is 1. The van der Waals surface area contributed by atoms with Crippen LogP contribution in [0.4, 0.5) is 5.69 Å². The number of thiazole rings is 1. The van der Waals surface area contributed by atoms with E-state index in [9.17, 15) is 14.4 Å². The van der Waals surface area contributed by atoms with Gasteiger partial charge >= 0.3 is 5.97 Å². The summed E-state index contributed by atoms with van der Waals surface area (Å²) in [7, 11) is 1.73. The van der Waals surface area contributed by atoms with Gasteiger partial charge in [0, 0.05) is 12.6 Å². The van der Waals surface area contributed by atoms with Crippen molar-refractivity contribution >= 4 is 39.1 Å². The molecular weight excluding hydrogens is 476 g/mol. The minimum atomic E-state index is -0.647. The Hall–Kier alpha value is -4.50. The third-order valence-corrected chi connectivity index (χ3v) is 6.89. The lowest BCUT2D eigenvalue weighted by atomic mass is 10.1. The first kappa shape index (κ1) is 23.3. The molecule has 0 bridgehead atoms. The van der Waals surface area contributed by atoms with Crippen molar-refractivity contribution in [3.8, 4) is 16.3 Å². The standard InChI is InChI=1S/C27H22N4O4S/c1-17-24(26(33)31(30(17)2)18-10-4-3-5-11-18)29-23(32)16-35-27(34)20-13-7-6-12-19(20)25-28-21-14-8-9-15-22(21)36-25/h3-15H,16H2,1-2H3,(H,29,32). The summed E-state index contributed by atoms with van der Waals surface area (Å²) in [5, 5.41) is 3.29. The molecule has 8 nitrogen and oxygen atoms in total. The van der Waals surface area contributed by atoms with Crippen LogP contribution in [-0.2, 0) is 16.6 Å². The van der Waals surface area contributed by atoms with Gasteiger partial charge in [0.15, 0.2) is 6.61 Å². The Balaban J connectivity index is 1.32. The highest BCUT2D eigenvalue weighted by Crippen LogP contribution is 2.32. The van der Waals surface area contributed by atoms with E-state index in [4.69, 9.17) is 4.74 Å². The van der Waals surface area contributed by atoms with E-state index in [1.807, 2.05) is 48.5 Å². The lowest BCUT2D eigenvalue weighted by molar-refractivity contribution is -0.119. The summed E-state index contributed by atoms with van der Waals surface area (Å²) in [4.78, 5) is 43.1. The highest BCUT2D eigenvalue weighted by Gasteiger charge is 2.21. The van der Waals surface area contributed by atoms with E-state index in [1.165, 1.54) is 16.0 Å². The number of amides is 1. The number of anilines is 1. The SMILES string of the molecule is Cc1c(NC(=O)COC(=O)c2ccccc2-c2nc3ccccc3s2)c(=O)n(-c2ccccc2)n1C. The normalized spacial score (nSPS) is 10.9. The monoisotopic (exact) mass is 498 g/mol. The first-order chi connectivity index (χ1) is 17.4. The van der Waals surface area contributed by atoms with Gasteiger partial charge in [-0.25, -0.2) is 14.5 Å². The van der Waals surface area contributed by atoms with Gasteiger partial charge in [-0.3, -0.25) is 14.3 Å². The van der Waals surface area contributed by atoms with E-state index in [2.05, 4.69) is 10.3 Å². The second-order valence-corrected chi connectivity index (χ2v) is 9.12. The van der Waals surface area contributed by atoms with Crippen LogP contribution in [0.1, 0.15) is 16.1 Å². The van der Waals surface area contributed by atoms with Crippen molar-refractivity contribution in [1.82, 2.24) is 14.3 Å². The molecule has 5 aromatic rings. The summed E-state index contributed by atoms with van der Waals surface area (Å²) in [5.41, 5.74) is 2.80. The number of aromatic nitrogens is 3. The van der Waals surface area contributed by atoms with Crippen molar-refractivity contribution in [2.24, 2.45) is 7.05 Å². The van der Waals surface area contributed by atoms with Crippen molar-refractivity contribution < 1.29 is 14.3 Å². The average molecular weight is 499 g/mol. The third-order valence-electron chi connectivity index (χ3n) is 5.82. The summed E-state index contributed by atoms with van der Waals surface area (Å²) in [6, 6.07) is 23.8. The number of nitrogens with zero attached hydrogens (tertiary/aromatic N) is 3. The number of carbonyl (C=O) groups is 2. The predicted molar refractivity (Wildman–Crippen MR) is 140 cm³/mol. The molecule has 3 aromatic carbocycles. The zero-order chi connectivity index (χ0) is 25.2. The van der Waals surface area contributed by atoms with Crippen LogP contribution in [0.2, 0.25) is 0 Å². The summed E-state index contributed by atoms with van der Waals surface area (Å²) >= 11 is 1.48. The molecular formula is C27H22N4O4S. The molecule has 0 atom stereocenters. The first-order valence-corrected chi connectivity index (χ1v) is 12.0. The van der Waals surface area contributed by atoms with Crippen LogP contribution in [0.3, 0.4) is 0 Å². The largest absolute Gasteiger partial charge is 0.452 e. The molecule has 0 aliphatic carbocycles. The fourth-order valence-corrected chi connectivity index (χ4v) is 4.94. The molecule has 2 aromatic heterocycles. The highest BCUT2D eigenvalue weighted by molar-refractivity contribution is 7.21. The summed E-state index contributed by atoms with van der Waals surface area (Å²) in [6.45, 7) is 1.20. The quantitative estimate of drug-likeness (QED) is 0.347. The second kappa shape index (κ2) is 9.63. The van der Waals surface area contributed by atoms with E-state index in [0.29, 0.717) is 27.5 Å². The van der Waals surface area contributed by atoms with Crippen molar-refractivity contribution in [2.45, 2.75) is 6.92 Å². The topological polar surface area (TPSA) is 95.2 Å². The Morgan fingerprint density at radius 3 is 2.44 bits per heavy atom. The third kappa shape index (κ3) is 4.32. The van der Waals surface area contributed by atoms with Gasteiger partial charge in [0.05, 0.1) is 27.2 Å². The molecule has 1 amide bonds. The number of fused-ring (bicyclic) bond motifs is 1. The minimum Gasteiger partial charge on any atom is -0.452 e. The Morgan fingerprint density at radius 2 is 1.67 bits per heavy atom. The molecule has 0 unspecified atom stereocenters. The molecule has 0 aliphatic heterocycles. The molecule has 2 heterocycles. The van der Waals surface area contributed by atoms with Gasteiger partial charge in [0.25, 0.3) is 11.5 Å². The van der Waals surface area contributed by atoms with Crippen LogP contribution in [0.25, 0.3) is 26.5 Å². The lowest BCUT2D eigenvalue weighted by Gasteiger charge is -2.08. The molecule has 180 valence electrons. The Morgan fingerprint density at radius 1 is 0.972 bits per heavy atom. The van der Waals surface area contributed by atoms with Crippen molar-refractivity contribution in [2.75, 3.05) is 11.9 Å². The van der Waals surface area contributed by atoms with Crippen LogP contribution < -0.4 is 10.9 Å². The van der Waals surface area contributed by atoms with E-state index in [0.717, 1.165) is 10.2 Å². The number of carbonyl (C=O) groups excluding carboxylic acids is 2. The maximum absolute atomic E-state index is 13.0. The Labute approximate surface area is 210 Å². The molecule has 0 fully saturated rings. The van der Waals surface area contributed by atoms with Crippen LogP contribution in [0, 0.1) is 6.92 Å². The van der Waals surface area contributed by atoms with Gasteiger partial charge in [-0.05, 0) is 37.3 Å². The number of nitrogens with one attached hydrogen (secondary N) is 1. The number of benzene rings is 3. The number of ether oxygens (including phenoxy) is 1. The van der Waals surface area contributed by atoms with Crippen molar-refractivity contribution in [3.63, 3.8) is 0 Å². The van der Waals surface area contributed by atoms with Crippen LogP contribution in [0.15, 0.2) is 83.7 Å². The molecule has 0 saturated carbocycles. The van der Waals surface area contributed by atoms with Crippen molar-refractivity contribution in [3.05, 3.63) is 100 Å². The first-order valence-electron chi connectivity index (χ1n) is 11.2. The molecule has 0 aliphatic rings. The number of para-hydroxylation sites is 2. The molecule has 0 radical (unpaired) electrons. The summed E-state index contributed by atoms with van der Waals surface area (Å²) in [6.07, 6.45) is 0. The zero-order valence-corrected chi connectivity index (χ0v) is 20.4. The molecule has 36 heavy (non-hydrogen) atoms. The van der Waals surface area contributed by atoms with Crippen molar-refractivity contribution in [1.29, 1.82) is 0 Å². The fraction of sp³-hybridized carbons (Fsp3) is 0.111. The fourth-order valence-electron chi connectivity index (χ4n) is 3.93. The minimum absolute atomic E-state index is 0.136. The number of rotatable bonds is 6. The molecule has 5 rings (SSSR count). The van der Waals surface area contributed by atoms with Gasteiger partial charge in [-0.2, -0.15) is 0 Å². The molecule has 0 spiro atoms. The number of esters is 1. The van der Waals surface area contributed by atoms with Gasteiger partial charge in [-0.15, -0.1) is 11.3 Å². The van der Waals surface area contributed by atoms with Crippen LogP contribution in [-0.4, -0.2) is 32.8 Å². The smallest absolute Gasteiger partial charge is 0.339 e. The van der Waals surface area contributed by atoms with Gasteiger partial charge < -0.3 is 10.1 Å². The maximum atomic E-state index is 13.0. The molecule has 1 N–H and O–H groups in total. The van der Waals surface area contributed by atoms with Gasteiger partial charge in [0.1, 0.15) is 10.7 Å². The van der Waals surface area contributed by atoms with E-state index < -0.39 is 18.5 Å². The van der Waals surface area contributed by atoms with Gasteiger partial charge in [0.2, 0.25) is 0 Å². The van der Waals surface area contributed by atoms with Gasteiger partial charge in [-0.1, -0.05) is 48.5 Å². The summed E-state index contributed by atoms with van der Waals surface area (Å²) < 4.78 is 9.44. The van der Waals surface area contributed by atoms with Crippen LogP contribution in [0.5, 0.6) is 0 Å². The molecule has 9 heteroatoms. The van der Waals surface area contributed by atoms with Crippen LogP contribution >= 0.6 is 11.3 Å². The van der Waals surface area contributed by atoms with E-state index >= 15 is 0 Å². The highest BCUT2D eigenvalue weighted by atomic mass is 32.1. The maximum Gasteiger partial charge on any atom is 0.339 e. The molecule has 0 saturated heterocycles. The summed E-state index contributed by atoms with van der Waals surface area (Å²) in [5.74, 6) is -1.25. The predicted octanol–water partition coefficient (Wildman–Crippen LogP) is 4.56. The lowest BCUT2D eigenvalue weighted by Crippen LogP contribution is -2.26. The number of hydrogen-bond acceptors (Lipinski definition) is 6. The second-order valence-electron chi connectivity index (χ2n) is 8.09. The zero-order valence-electron chi connectivity index (χ0n) is 19.6. The van der Waals surface area contributed by atoms with E-state index in [-0.39, 0.29) is 11.2 Å². The average Bonchev–Trinajstić information content (AvgIpc) is 3.42.